The van der Waals surface area contributed by atoms with Crippen molar-refractivity contribution in [1.29, 1.82) is 0 Å². The minimum Gasteiger partial charge on any atom is -0.502 e. The van der Waals surface area contributed by atoms with Crippen LogP contribution in [0.4, 0.5) is 0 Å². The highest BCUT2D eigenvalue weighted by Gasteiger charge is 2.10. The number of esters is 1. The molecule has 0 heterocycles. The SMILES string of the molecule is CCCOC(=O)c1ccc(OCC(=O)N/N=C/c2cc(OC)c(O)c(OC)c2)cc1. The Kier molecular flexibility index (Phi) is 8.49. The van der Waals surface area contributed by atoms with Crippen LogP contribution in [0.5, 0.6) is 23.0 Å². The van der Waals surface area contributed by atoms with Gasteiger partial charge in [0.05, 0.1) is 32.6 Å². The van der Waals surface area contributed by atoms with Crippen molar-refractivity contribution in [2.45, 2.75) is 13.3 Å². The summed E-state index contributed by atoms with van der Waals surface area (Å²) < 4.78 is 20.5. The molecule has 9 heteroatoms. The molecule has 0 radical (unpaired) electrons. The maximum Gasteiger partial charge on any atom is 0.338 e. The number of ether oxygens (including phenoxy) is 4. The van der Waals surface area contributed by atoms with E-state index in [1.54, 1.807) is 24.3 Å². The highest BCUT2D eigenvalue weighted by Crippen LogP contribution is 2.36. The van der Waals surface area contributed by atoms with E-state index in [4.69, 9.17) is 18.9 Å². The summed E-state index contributed by atoms with van der Waals surface area (Å²) in [6, 6.07) is 9.36. The molecule has 30 heavy (non-hydrogen) atoms. The van der Waals surface area contributed by atoms with Gasteiger partial charge in [-0.3, -0.25) is 4.79 Å². The van der Waals surface area contributed by atoms with E-state index in [0.29, 0.717) is 23.5 Å². The third-order valence-corrected chi connectivity index (χ3v) is 3.80. The average molecular weight is 416 g/mol. The van der Waals surface area contributed by atoms with Crippen LogP contribution in [0.1, 0.15) is 29.3 Å². The third-order valence-electron chi connectivity index (χ3n) is 3.80. The van der Waals surface area contributed by atoms with Crippen molar-refractivity contribution in [3.05, 3.63) is 47.5 Å². The quantitative estimate of drug-likeness (QED) is 0.347. The summed E-state index contributed by atoms with van der Waals surface area (Å²) in [6.07, 6.45) is 2.12. The van der Waals surface area contributed by atoms with Gasteiger partial charge in [0, 0.05) is 5.56 Å². The number of phenolic OH excluding ortho intramolecular Hbond substituents is 1. The molecule has 2 aromatic carbocycles. The van der Waals surface area contributed by atoms with E-state index in [-0.39, 0.29) is 23.9 Å². The monoisotopic (exact) mass is 416 g/mol. The topological polar surface area (TPSA) is 116 Å². The molecule has 160 valence electrons. The van der Waals surface area contributed by atoms with E-state index in [1.807, 2.05) is 6.92 Å². The van der Waals surface area contributed by atoms with Gasteiger partial charge in [0.2, 0.25) is 5.75 Å². The highest BCUT2D eigenvalue weighted by atomic mass is 16.5. The summed E-state index contributed by atoms with van der Waals surface area (Å²) in [4.78, 5) is 23.6. The van der Waals surface area contributed by atoms with Gasteiger partial charge in [0.15, 0.2) is 18.1 Å². The molecule has 9 nitrogen and oxygen atoms in total. The summed E-state index contributed by atoms with van der Waals surface area (Å²) in [5.41, 5.74) is 3.29. The van der Waals surface area contributed by atoms with Crippen LogP contribution in [0, 0.1) is 0 Å². The van der Waals surface area contributed by atoms with Crippen LogP contribution in [0.15, 0.2) is 41.5 Å². The summed E-state index contributed by atoms with van der Waals surface area (Å²) >= 11 is 0. The number of carbonyl (C=O) groups is 2. The molecule has 0 atom stereocenters. The van der Waals surface area contributed by atoms with E-state index in [1.165, 1.54) is 32.6 Å². The predicted molar refractivity (Wildman–Crippen MR) is 109 cm³/mol. The van der Waals surface area contributed by atoms with Crippen molar-refractivity contribution in [3.63, 3.8) is 0 Å². The van der Waals surface area contributed by atoms with Crippen molar-refractivity contribution in [3.8, 4) is 23.0 Å². The maximum absolute atomic E-state index is 11.9. The first kappa shape index (κ1) is 22.5. The van der Waals surface area contributed by atoms with E-state index in [0.717, 1.165) is 6.42 Å². The number of methoxy groups -OCH3 is 2. The second-order valence-electron chi connectivity index (χ2n) is 6.02. The van der Waals surface area contributed by atoms with Crippen LogP contribution < -0.4 is 19.6 Å². The highest BCUT2D eigenvalue weighted by molar-refractivity contribution is 5.89. The first-order valence-corrected chi connectivity index (χ1v) is 9.15. The Hall–Kier alpha value is -3.75. The number of nitrogens with one attached hydrogen (secondary N) is 1. The molecule has 0 aromatic heterocycles. The van der Waals surface area contributed by atoms with Gasteiger partial charge >= 0.3 is 5.97 Å². The molecular formula is C21H24N2O7. The van der Waals surface area contributed by atoms with Crippen molar-refractivity contribution in [2.75, 3.05) is 27.4 Å². The van der Waals surface area contributed by atoms with Crippen LogP contribution in [0.2, 0.25) is 0 Å². The molecular weight excluding hydrogens is 392 g/mol. The van der Waals surface area contributed by atoms with Gasteiger partial charge in [-0.15, -0.1) is 0 Å². The van der Waals surface area contributed by atoms with E-state index in [9.17, 15) is 14.7 Å². The Bertz CT molecular complexity index is 870. The third kappa shape index (κ3) is 6.40. The molecule has 0 spiro atoms. The number of aromatic hydroxyl groups is 1. The maximum atomic E-state index is 11.9. The van der Waals surface area contributed by atoms with E-state index >= 15 is 0 Å². The standard InChI is InChI=1S/C21H24N2O7/c1-4-9-29-21(26)15-5-7-16(8-6-15)30-13-19(24)23-22-12-14-10-17(27-2)20(25)18(11-14)28-3/h5-8,10-12,25H,4,9,13H2,1-3H3,(H,23,24)/b22-12+. The zero-order chi connectivity index (χ0) is 21.9. The number of amides is 1. The Labute approximate surface area is 174 Å². The molecule has 0 bridgehead atoms. The van der Waals surface area contributed by atoms with Gasteiger partial charge in [-0.1, -0.05) is 6.92 Å². The molecule has 0 saturated carbocycles. The Balaban J connectivity index is 1.86. The largest absolute Gasteiger partial charge is 0.502 e. The van der Waals surface area contributed by atoms with Crippen LogP contribution in [0.3, 0.4) is 0 Å². The number of hydrazone groups is 1. The molecule has 2 aromatic rings. The summed E-state index contributed by atoms with van der Waals surface area (Å²) in [5, 5.41) is 13.7. The summed E-state index contributed by atoms with van der Waals surface area (Å²) in [5.74, 6) is -0.151. The fourth-order valence-corrected chi connectivity index (χ4v) is 2.31. The lowest BCUT2D eigenvalue weighted by atomic mass is 10.2. The van der Waals surface area contributed by atoms with E-state index < -0.39 is 11.9 Å². The minimum absolute atomic E-state index is 0.126. The Morgan fingerprint density at radius 1 is 1.10 bits per heavy atom. The molecule has 0 fully saturated rings. The van der Waals surface area contributed by atoms with Gasteiger partial charge in [0.25, 0.3) is 5.91 Å². The molecule has 2 N–H and O–H groups in total. The van der Waals surface area contributed by atoms with Crippen molar-refractivity contribution in [2.24, 2.45) is 5.10 Å². The number of hydrogen-bond acceptors (Lipinski definition) is 8. The van der Waals surface area contributed by atoms with Gasteiger partial charge < -0.3 is 24.1 Å². The molecule has 0 saturated heterocycles. The molecule has 0 unspecified atom stereocenters. The molecule has 0 aliphatic rings. The Morgan fingerprint density at radius 3 is 2.30 bits per heavy atom. The van der Waals surface area contributed by atoms with Crippen LogP contribution >= 0.6 is 0 Å². The lowest BCUT2D eigenvalue weighted by molar-refractivity contribution is -0.123. The predicted octanol–water partition coefficient (Wildman–Crippen LogP) is 2.51. The van der Waals surface area contributed by atoms with Gasteiger partial charge in [-0.2, -0.15) is 5.10 Å². The van der Waals surface area contributed by atoms with Gasteiger partial charge in [-0.05, 0) is 42.8 Å². The minimum atomic E-state index is -0.476. The lowest BCUT2D eigenvalue weighted by Crippen LogP contribution is -2.24. The number of nitrogens with zero attached hydrogens (tertiary/aromatic N) is 1. The molecule has 1 amide bonds. The normalized spacial score (nSPS) is 10.5. The van der Waals surface area contributed by atoms with Gasteiger partial charge in [0.1, 0.15) is 5.75 Å². The first-order valence-electron chi connectivity index (χ1n) is 9.15. The van der Waals surface area contributed by atoms with Crippen LogP contribution in [-0.4, -0.2) is 50.6 Å². The van der Waals surface area contributed by atoms with Crippen LogP contribution in [-0.2, 0) is 9.53 Å². The van der Waals surface area contributed by atoms with Gasteiger partial charge in [-0.25, -0.2) is 10.2 Å². The molecule has 0 aliphatic heterocycles. The van der Waals surface area contributed by atoms with E-state index in [2.05, 4.69) is 10.5 Å². The molecule has 0 aliphatic carbocycles. The van der Waals surface area contributed by atoms with Crippen LogP contribution in [0.25, 0.3) is 0 Å². The number of phenols is 1. The first-order chi connectivity index (χ1) is 14.5. The lowest BCUT2D eigenvalue weighted by Gasteiger charge is -2.09. The zero-order valence-corrected chi connectivity index (χ0v) is 17.0. The average Bonchev–Trinajstić information content (AvgIpc) is 2.77. The number of hydrogen-bond donors (Lipinski definition) is 2. The summed E-state index contributed by atoms with van der Waals surface area (Å²) in [7, 11) is 2.82. The molecule has 2 rings (SSSR count). The zero-order valence-electron chi connectivity index (χ0n) is 17.0. The fraction of sp³-hybridized carbons (Fsp3) is 0.286. The fourth-order valence-electron chi connectivity index (χ4n) is 2.31. The van der Waals surface area contributed by atoms with Crippen molar-refractivity contribution >= 4 is 18.1 Å². The number of carbonyl (C=O) groups excluding carboxylic acids is 2. The second-order valence-corrected chi connectivity index (χ2v) is 6.02. The number of rotatable bonds is 10. The smallest absolute Gasteiger partial charge is 0.338 e. The second kappa shape index (κ2) is 11.3. The Morgan fingerprint density at radius 2 is 1.73 bits per heavy atom. The van der Waals surface area contributed by atoms with Crippen molar-refractivity contribution < 1.29 is 33.6 Å². The summed E-state index contributed by atoms with van der Waals surface area (Å²) in [6.45, 7) is 2.01. The van der Waals surface area contributed by atoms with Crippen molar-refractivity contribution in [1.82, 2.24) is 5.43 Å². The number of benzene rings is 2.